The van der Waals surface area contributed by atoms with Gasteiger partial charge in [-0.1, -0.05) is 11.6 Å². The minimum atomic E-state index is -0.557. The number of carbonyl (C=O) groups excluding carboxylic acids is 1. The lowest BCUT2D eigenvalue weighted by Gasteiger charge is -2.20. The summed E-state index contributed by atoms with van der Waals surface area (Å²) in [5.74, 6) is -0.0978. The number of nitro benzene ring substituents is 1. The van der Waals surface area contributed by atoms with Crippen molar-refractivity contribution >= 4 is 23.1 Å². The first-order valence-electron chi connectivity index (χ1n) is 5.08. The van der Waals surface area contributed by atoms with E-state index in [0.29, 0.717) is 11.1 Å². The molecule has 0 aromatic heterocycles. The second kappa shape index (κ2) is 4.00. The third-order valence-corrected chi connectivity index (χ3v) is 3.43. The van der Waals surface area contributed by atoms with Crippen LogP contribution in [-0.2, 0) is 0 Å². The van der Waals surface area contributed by atoms with Crippen molar-refractivity contribution in [2.75, 3.05) is 6.61 Å². The molecule has 0 bridgehead atoms. The average molecular weight is 256 g/mol. The van der Waals surface area contributed by atoms with E-state index in [2.05, 4.69) is 0 Å². The molecule has 0 N–H and O–H groups in total. The monoisotopic (exact) mass is 255 g/mol. The quantitative estimate of drug-likeness (QED) is 0.571. The van der Waals surface area contributed by atoms with E-state index in [1.165, 1.54) is 0 Å². The molecule has 0 aliphatic carbocycles. The SMILES string of the molecule is Cc1c(Cl)c(C)c([N+](=O)[O-])c2c1C(=O)CCO2. The van der Waals surface area contributed by atoms with Gasteiger partial charge in [0, 0.05) is 12.0 Å². The molecule has 2 rings (SSSR count). The fourth-order valence-electron chi connectivity index (χ4n) is 2.02. The van der Waals surface area contributed by atoms with Crippen LogP contribution in [0.2, 0.25) is 5.02 Å². The largest absolute Gasteiger partial charge is 0.486 e. The standard InChI is InChI=1S/C11H10ClNO4/c1-5-8-7(14)3-4-17-11(8)10(13(15)16)6(2)9(5)12/h3-4H2,1-2H3. The maximum absolute atomic E-state index is 11.8. The van der Waals surface area contributed by atoms with Gasteiger partial charge in [0.2, 0.25) is 5.75 Å². The molecule has 0 fully saturated rings. The van der Waals surface area contributed by atoms with Crippen molar-refractivity contribution < 1.29 is 14.5 Å². The second-order valence-electron chi connectivity index (χ2n) is 3.90. The minimum absolute atomic E-state index is 0.0608. The molecule has 1 aromatic rings. The van der Waals surface area contributed by atoms with E-state index in [0.717, 1.165) is 0 Å². The van der Waals surface area contributed by atoms with Gasteiger partial charge in [0.05, 0.1) is 22.1 Å². The molecule has 0 spiro atoms. The lowest BCUT2D eigenvalue weighted by molar-refractivity contribution is -0.386. The maximum atomic E-state index is 11.8. The van der Waals surface area contributed by atoms with Gasteiger partial charge in [-0.2, -0.15) is 0 Å². The van der Waals surface area contributed by atoms with E-state index >= 15 is 0 Å². The number of benzene rings is 1. The van der Waals surface area contributed by atoms with Crippen LogP contribution in [0.3, 0.4) is 0 Å². The predicted octanol–water partition coefficient (Wildman–Crippen LogP) is 2.83. The van der Waals surface area contributed by atoms with E-state index < -0.39 is 4.92 Å². The van der Waals surface area contributed by atoms with Crippen molar-refractivity contribution in [1.82, 2.24) is 0 Å². The molecule has 1 aliphatic heterocycles. The zero-order valence-corrected chi connectivity index (χ0v) is 10.1. The number of nitro groups is 1. The van der Waals surface area contributed by atoms with Gasteiger partial charge in [0.25, 0.3) is 0 Å². The molecule has 17 heavy (non-hydrogen) atoms. The maximum Gasteiger partial charge on any atom is 0.316 e. The first kappa shape index (κ1) is 11.9. The Morgan fingerprint density at radius 1 is 1.35 bits per heavy atom. The Labute approximate surface area is 102 Å². The molecule has 1 heterocycles. The molecule has 0 unspecified atom stereocenters. The Hall–Kier alpha value is -1.62. The van der Waals surface area contributed by atoms with Gasteiger partial charge in [-0.3, -0.25) is 14.9 Å². The van der Waals surface area contributed by atoms with E-state index in [-0.39, 0.29) is 40.8 Å². The number of ketones is 1. The van der Waals surface area contributed by atoms with Gasteiger partial charge in [-0.05, 0) is 19.4 Å². The Bertz CT molecular complexity index is 516. The van der Waals surface area contributed by atoms with E-state index in [1.54, 1.807) is 13.8 Å². The first-order chi connectivity index (χ1) is 7.95. The summed E-state index contributed by atoms with van der Waals surface area (Å²) in [4.78, 5) is 22.2. The van der Waals surface area contributed by atoms with Gasteiger partial charge in [-0.15, -0.1) is 0 Å². The number of nitrogens with zero attached hydrogens (tertiary/aromatic N) is 1. The normalized spacial score (nSPS) is 14.2. The number of carbonyl (C=O) groups is 1. The van der Waals surface area contributed by atoms with Crippen LogP contribution in [0.15, 0.2) is 0 Å². The fourth-order valence-corrected chi connectivity index (χ4v) is 2.20. The van der Waals surface area contributed by atoms with E-state index in [4.69, 9.17) is 16.3 Å². The summed E-state index contributed by atoms with van der Waals surface area (Å²) in [5.41, 5.74) is 0.930. The Morgan fingerprint density at radius 3 is 2.59 bits per heavy atom. The summed E-state index contributed by atoms with van der Waals surface area (Å²) in [6.45, 7) is 3.40. The first-order valence-corrected chi connectivity index (χ1v) is 5.46. The molecule has 5 nitrogen and oxygen atoms in total. The highest BCUT2D eigenvalue weighted by molar-refractivity contribution is 6.33. The third-order valence-electron chi connectivity index (χ3n) is 2.87. The molecule has 90 valence electrons. The number of fused-ring (bicyclic) bond motifs is 1. The summed E-state index contributed by atoms with van der Waals surface area (Å²) in [7, 11) is 0. The smallest absolute Gasteiger partial charge is 0.316 e. The van der Waals surface area contributed by atoms with Crippen LogP contribution >= 0.6 is 11.6 Å². The number of ether oxygens (including phenoxy) is 1. The highest BCUT2D eigenvalue weighted by atomic mass is 35.5. The van der Waals surface area contributed by atoms with E-state index in [9.17, 15) is 14.9 Å². The van der Waals surface area contributed by atoms with Gasteiger partial charge in [0.15, 0.2) is 5.78 Å². The molecule has 0 saturated heterocycles. The summed E-state index contributed by atoms with van der Waals surface area (Å²) >= 11 is 6.02. The van der Waals surface area contributed by atoms with Crippen LogP contribution in [-0.4, -0.2) is 17.3 Å². The summed E-state index contributed by atoms with van der Waals surface area (Å²) in [6, 6.07) is 0. The molecular weight excluding hydrogens is 246 g/mol. The van der Waals surface area contributed by atoms with Crippen LogP contribution in [0.1, 0.15) is 27.9 Å². The zero-order chi connectivity index (χ0) is 12.7. The van der Waals surface area contributed by atoms with Crippen LogP contribution in [0, 0.1) is 24.0 Å². The van der Waals surface area contributed by atoms with E-state index in [1.807, 2.05) is 0 Å². The van der Waals surface area contributed by atoms with Crippen LogP contribution < -0.4 is 4.74 Å². The summed E-state index contributed by atoms with van der Waals surface area (Å²) in [5, 5.41) is 11.3. The topological polar surface area (TPSA) is 69.4 Å². The molecule has 0 atom stereocenters. The second-order valence-corrected chi connectivity index (χ2v) is 4.27. The van der Waals surface area contributed by atoms with Crippen molar-refractivity contribution in [1.29, 1.82) is 0 Å². The van der Waals surface area contributed by atoms with Crippen molar-refractivity contribution in [3.8, 4) is 5.75 Å². The van der Waals surface area contributed by atoms with Crippen molar-refractivity contribution in [2.45, 2.75) is 20.3 Å². The van der Waals surface area contributed by atoms with Gasteiger partial charge in [0.1, 0.15) is 0 Å². The number of halogens is 1. The number of rotatable bonds is 1. The zero-order valence-electron chi connectivity index (χ0n) is 9.37. The summed E-state index contributed by atoms with van der Waals surface area (Å²) in [6.07, 6.45) is 0.227. The number of hydrogen-bond acceptors (Lipinski definition) is 4. The van der Waals surface area contributed by atoms with Gasteiger partial charge < -0.3 is 4.74 Å². The van der Waals surface area contributed by atoms with Crippen LogP contribution in [0.25, 0.3) is 0 Å². The fraction of sp³-hybridized carbons (Fsp3) is 0.364. The molecule has 0 radical (unpaired) electrons. The lowest BCUT2D eigenvalue weighted by atomic mass is 9.96. The van der Waals surface area contributed by atoms with Crippen LogP contribution in [0.4, 0.5) is 5.69 Å². The van der Waals surface area contributed by atoms with Gasteiger partial charge >= 0.3 is 5.69 Å². The van der Waals surface area contributed by atoms with Crippen molar-refractivity contribution in [3.63, 3.8) is 0 Å². The number of hydrogen-bond donors (Lipinski definition) is 0. The summed E-state index contributed by atoms with van der Waals surface area (Å²) < 4.78 is 5.28. The van der Waals surface area contributed by atoms with Crippen molar-refractivity contribution in [3.05, 3.63) is 31.8 Å². The predicted molar refractivity (Wildman–Crippen MR) is 62.0 cm³/mol. The molecular formula is C11H10ClNO4. The molecule has 1 aliphatic rings. The van der Waals surface area contributed by atoms with Crippen LogP contribution in [0.5, 0.6) is 5.75 Å². The van der Waals surface area contributed by atoms with Crippen molar-refractivity contribution in [2.24, 2.45) is 0 Å². The highest BCUT2D eigenvalue weighted by Crippen LogP contribution is 2.43. The third kappa shape index (κ3) is 1.67. The highest BCUT2D eigenvalue weighted by Gasteiger charge is 2.33. The minimum Gasteiger partial charge on any atom is -0.486 e. The number of Topliss-reactive ketones (excluding diaryl/α,β-unsaturated/α-hetero) is 1. The van der Waals surface area contributed by atoms with Gasteiger partial charge in [-0.25, -0.2) is 0 Å². The molecule has 1 aromatic carbocycles. The Balaban J connectivity index is 2.86. The Morgan fingerprint density at radius 2 is 2.00 bits per heavy atom. The average Bonchev–Trinajstić information content (AvgIpc) is 2.25. The molecule has 0 amide bonds. The molecule has 0 saturated carbocycles. The lowest BCUT2D eigenvalue weighted by Crippen LogP contribution is -2.18. The Kier molecular flexibility index (Phi) is 2.79. The molecule has 6 heteroatoms.